The minimum atomic E-state index is -0.253. The van der Waals surface area contributed by atoms with E-state index in [9.17, 15) is 4.79 Å². The number of ether oxygens (including phenoxy) is 2. The molecule has 0 radical (unpaired) electrons. The van der Waals surface area contributed by atoms with Crippen LogP contribution in [-0.2, 0) is 13.0 Å². The summed E-state index contributed by atoms with van der Waals surface area (Å²) in [7, 11) is 3.19. The van der Waals surface area contributed by atoms with Crippen LogP contribution in [0.1, 0.15) is 27.6 Å². The van der Waals surface area contributed by atoms with E-state index in [1.54, 1.807) is 33.5 Å². The number of carbonyl (C=O) groups excluding carboxylic acids is 1. The minimum absolute atomic E-state index is 0.253. The van der Waals surface area contributed by atoms with Crippen LogP contribution < -0.4 is 20.1 Å². The number of nitrogens with one attached hydrogen (secondary N) is 2. The molecule has 0 aliphatic carbocycles. The summed E-state index contributed by atoms with van der Waals surface area (Å²) in [5.74, 6) is 2.94. The summed E-state index contributed by atoms with van der Waals surface area (Å²) in [5, 5.41) is 6.03. The first-order valence-corrected chi connectivity index (χ1v) is 9.20. The number of amides is 1. The molecule has 0 atom stereocenters. The molecule has 0 aliphatic heterocycles. The number of furan rings is 1. The number of aromatic nitrogens is 2. The molecule has 152 valence electrons. The second kappa shape index (κ2) is 9.59. The Morgan fingerprint density at radius 2 is 1.93 bits per heavy atom. The van der Waals surface area contributed by atoms with E-state index in [0.29, 0.717) is 48.3 Å². The van der Waals surface area contributed by atoms with Gasteiger partial charge in [-0.3, -0.25) is 4.79 Å². The highest BCUT2D eigenvalue weighted by Gasteiger charge is 2.11. The van der Waals surface area contributed by atoms with Crippen LogP contribution in [0.4, 0.5) is 5.82 Å². The smallest absolute Gasteiger partial charge is 0.270 e. The van der Waals surface area contributed by atoms with Crippen molar-refractivity contribution in [3.8, 4) is 11.5 Å². The van der Waals surface area contributed by atoms with Gasteiger partial charge in [0.25, 0.3) is 5.91 Å². The molecule has 0 unspecified atom stereocenters. The Morgan fingerprint density at radius 1 is 1.10 bits per heavy atom. The minimum Gasteiger partial charge on any atom is -0.493 e. The lowest BCUT2D eigenvalue weighted by Crippen LogP contribution is -2.27. The van der Waals surface area contributed by atoms with Gasteiger partial charge in [0.1, 0.15) is 23.1 Å². The van der Waals surface area contributed by atoms with Crippen molar-refractivity contribution in [2.75, 3.05) is 26.1 Å². The van der Waals surface area contributed by atoms with Crippen molar-refractivity contribution in [2.45, 2.75) is 19.9 Å². The van der Waals surface area contributed by atoms with E-state index in [0.717, 1.165) is 11.3 Å². The Bertz CT molecular complexity index is 957. The van der Waals surface area contributed by atoms with Gasteiger partial charge in [-0.05, 0) is 43.2 Å². The van der Waals surface area contributed by atoms with Crippen LogP contribution in [0.5, 0.6) is 11.5 Å². The number of rotatable bonds is 9. The van der Waals surface area contributed by atoms with E-state index in [2.05, 4.69) is 20.6 Å². The average molecular weight is 396 g/mol. The molecule has 2 aromatic heterocycles. The summed E-state index contributed by atoms with van der Waals surface area (Å²) >= 11 is 0. The second-order valence-electron chi connectivity index (χ2n) is 6.31. The zero-order valence-corrected chi connectivity index (χ0v) is 16.7. The highest BCUT2D eigenvalue weighted by Crippen LogP contribution is 2.27. The summed E-state index contributed by atoms with van der Waals surface area (Å²) in [6.07, 6.45) is 2.26. The molecular formula is C21H24N4O4. The van der Waals surface area contributed by atoms with Crippen molar-refractivity contribution in [3.05, 3.63) is 65.5 Å². The molecule has 3 aromatic rings. The van der Waals surface area contributed by atoms with E-state index in [1.165, 1.54) is 0 Å². The standard InChI is InChI=1S/C21H24N4O4/c1-14-24-17(12-20(25-14)23-13-16-5-4-10-29-16)21(26)22-9-8-15-6-7-18(27-2)19(11-15)28-3/h4-7,10-12H,8-9,13H2,1-3H3,(H,22,26)(H,23,24,25). The van der Waals surface area contributed by atoms with Crippen molar-refractivity contribution in [1.29, 1.82) is 0 Å². The van der Waals surface area contributed by atoms with Gasteiger partial charge in [0.05, 0.1) is 27.0 Å². The van der Waals surface area contributed by atoms with Crippen LogP contribution in [0.25, 0.3) is 0 Å². The highest BCUT2D eigenvalue weighted by atomic mass is 16.5. The lowest BCUT2D eigenvalue weighted by molar-refractivity contribution is 0.0949. The third-order valence-electron chi connectivity index (χ3n) is 4.24. The van der Waals surface area contributed by atoms with Crippen LogP contribution in [0.2, 0.25) is 0 Å². The first-order valence-electron chi connectivity index (χ1n) is 9.20. The first kappa shape index (κ1) is 20.2. The molecule has 0 aliphatic rings. The Balaban J connectivity index is 1.57. The predicted molar refractivity (Wildman–Crippen MR) is 108 cm³/mol. The number of nitrogens with zero attached hydrogens (tertiary/aromatic N) is 2. The Kier molecular flexibility index (Phi) is 6.67. The van der Waals surface area contributed by atoms with Gasteiger partial charge in [0, 0.05) is 12.6 Å². The topological polar surface area (TPSA) is 98.5 Å². The van der Waals surface area contributed by atoms with Gasteiger partial charge in [0.15, 0.2) is 11.5 Å². The molecule has 1 aromatic carbocycles. The third kappa shape index (κ3) is 5.47. The summed E-state index contributed by atoms with van der Waals surface area (Å²) in [4.78, 5) is 21.0. The molecule has 0 bridgehead atoms. The van der Waals surface area contributed by atoms with Crippen LogP contribution in [0.3, 0.4) is 0 Å². The molecule has 1 amide bonds. The van der Waals surface area contributed by atoms with Crippen LogP contribution in [0, 0.1) is 6.92 Å². The van der Waals surface area contributed by atoms with Crippen LogP contribution in [0.15, 0.2) is 47.1 Å². The van der Waals surface area contributed by atoms with Crippen molar-refractivity contribution in [1.82, 2.24) is 15.3 Å². The van der Waals surface area contributed by atoms with Gasteiger partial charge in [-0.15, -0.1) is 0 Å². The largest absolute Gasteiger partial charge is 0.493 e. The summed E-state index contributed by atoms with van der Waals surface area (Å²) < 4.78 is 15.8. The lowest BCUT2D eigenvalue weighted by atomic mass is 10.1. The maximum absolute atomic E-state index is 12.5. The predicted octanol–water partition coefficient (Wildman–Crippen LogP) is 2.98. The Morgan fingerprint density at radius 3 is 2.66 bits per heavy atom. The fourth-order valence-corrected chi connectivity index (χ4v) is 2.81. The number of aryl methyl sites for hydroxylation is 1. The van der Waals surface area contributed by atoms with E-state index in [1.807, 2.05) is 30.3 Å². The molecule has 0 saturated heterocycles. The number of anilines is 1. The number of hydrogen-bond acceptors (Lipinski definition) is 7. The average Bonchev–Trinajstić information content (AvgIpc) is 3.25. The molecular weight excluding hydrogens is 372 g/mol. The maximum Gasteiger partial charge on any atom is 0.270 e. The van der Waals surface area contributed by atoms with Crippen LogP contribution >= 0.6 is 0 Å². The normalized spacial score (nSPS) is 10.4. The quantitative estimate of drug-likeness (QED) is 0.574. The number of methoxy groups -OCH3 is 2. The van der Waals surface area contributed by atoms with Gasteiger partial charge in [0.2, 0.25) is 0 Å². The zero-order valence-electron chi connectivity index (χ0n) is 16.7. The molecule has 29 heavy (non-hydrogen) atoms. The summed E-state index contributed by atoms with van der Waals surface area (Å²) in [6.45, 7) is 2.69. The number of carbonyl (C=O) groups is 1. The number of benzene rings is 1. The molecule has 2 heterocycles. The number of hydrogen-bond donors (Lipinski definition) is 2. The molecule has 0 spiro atoms. The fraction of sp³-hybridized carbons (Fsp3) is 0.286. The maximum atomic E-state index is 12.5. The van der Waals surface area contributed by atoms with Gasteiger partial charge in [-0.25, -0.2) is 9.97 Å². The summed E-state index contributed by atoms with van der Waals surface area (Å²) in [5.41, 5.74) is 1.34. The van der Waals surface area contributed by atoms with E-state index >= 15 is 0 Å². The van der Waals surface area contributed by atoms with E-state index < -0.39 is 0 Å². The third-order valence-corrected chi connectivity index (χ3v) is 4.24. The SMILES string of the molecule is COc1ccc(CCNC(=O)c2cc(NCc3ccco3)nc(C)n2)cc1OC. The van der Waals surface area contributed by atoms with Gasteiger partial charge in [-0.2, -0.15) is 0 Å². The van der Waals surface area contributed by atoms with E-state index in [4.69, 9.17) is 13.9 Å². The molecule has 8 heteroatoms. The molecule has 8 nitrogen and oxygen atoms in total. The Hall–Kier alpha value is -3.55. The second-order valence-corrected chi connectivity index (χ2v) is 6.31. The van der Waals surface area contributed by atoms with Crippen molar-refractivity contribution < 1.29 is 18.7 Å². The van der Waals surface area contributed by atoms with Gasteiger partial charge >= 0.3 is 0 Å². The monoisotopic (exact) mass is 396 g/mol. The van der Waals surface area contributed by atoms with Crippen LogP contribution in [-0.4, -0.2) is 36.6 Å². The van der Waals surface area contributed by atoms with Crippen molar-refractivity contribution in [3.63, 3.8) is 0 Å². The molecule has 2 N–H and O–H groups in total. The van der Waals surface area contributed by atoms with Crippen molar-refractivity contribution >= 4 is 11.7 Å². The fourth-order valence-electron chi connectivity index (χ4n) is 2.81. The van der Waals surface area contributed by atoms with Crippen molar-refractivity contribution in [2.24, 2.45) is 0 Å². The highest BCUT2D eigenvalue weighted by molar-refractivity contribution is 5.92. The van der Waals surface area contributed by atoms with Gasteiger partial charge in [-0.1, -0.05) is 6.07 Å². The first-order chi connectivity index (χ1) is 14.1. The van der Waals surface area contributed by atoms with E-state index in [-0.39, 0.29) is 5.91 Å². The zero-order chi connectivity index (χ0) is 20.6. The molecule has 0 saturated carbocycles. The molecule has 3 rings (SSSR count). The Labute approximate surface area is 169 Å². The lowest BCUT2D eigenvalue weighted by Gasteiger charge is -2.10. The summed E-state index contributed by atoms with van der Waals surface area (Å²) in [6, 6.07) is 11.0. The van der Waals surface area contributed by atoms with Gasteiger partial charge < -0.3 is 24.5 Å². The molecule has 0 fully saturated rings.